The van der Waals surface area contributed by atoms with E-state index >= 15 is 0 Å². The number of hydrogen-bond acceptors (Lipinski definition) is 4. The van der Waals surface area contributed by atoms with Crippen molar-refractivity contribution in [1.29, 1.82) is 0 Å². The number of amides is 5. The van der Waals surface area contributed by atoms with Gasteiger partial charge < -0.3 is 10.6 Å². The Morgan fingerprint density at radius 2 is 1.72 bits per heavy atom. The van der Waals surface area contributed by atoms with Crippen LogP contribution in [0.1, 0.15) is 42.5 Å². The van der Waals surface area contributed by atoms with Crippen LogP contribution < -0.4 is 16.1 Å². The molecular formula is C21H22N4O4. The van der Waals surface area contributed by atoms with Gasteiger partial charge in [0.05, 0.1) is 6.54 Å². The first-order chi connectivity index (χ1) is 14.0. The third-order valence-electron chi connectivity index (χ3n) is 5.53. The molecule has 0 bridgehead atoms. The van der Waals surface area contributed by atoms with Gasteiger partial charge in [-0.05, 0) is 35.7 Å². The number of nitrogens with zero attached hydrogens (tertiary/aromatic N) is 1. The second-order valence-electron chi connectivity index (χ2n) is 7.49. The molecule has 2 aliphatic rings. The van der Waals surface area contributed by atoms with Crippen LogP contribution in [0.2, 0.25) is 0 Å². The predicted molar refractivity (Wildman–Crippen MR) is 106 cm³/mol. The van der Waals surface area contributed by atoms with Crippen molar-refractivity contribution in [2.45, 2.75) is 37.6 Å². The Morgan fingerprint density at radius 1 is 1.00 bits per heavy atom. The fraction of sp³-hybridized carbons (Fsp3) is 0.333. The van der Waals surface area contributed by atoms with Gasteiger partial charge in [-0.1, -0.05) is 49.6 Å². The zero-order valence-electron chi connectivity index (χ0n) is 15.9. The summed E-state index contributed by atoms with van der Waals surface area (Å²) in [6, 6.07) is 12.3. The summed E-state index contributed by atoms with van der Waals surface area (Å²) >= 11 is 0. The molecule has 1 heterocycles. The highest BCUT2D eigenvalue weighted by Gasteiger charge is 2.52. The van der Waals surface area contributed by atoms with Crippen molar-refractivity contribution >= 4 is 34.5 Å². The van der Waals surface area contributed by atoms with Crippen LogP contribution in [0.3, 0.4) is 0 Å². The molecule has 2 aromatic carbocycles. The van der Waals surface area contributed by atoms with E-state index in [1.165, 1.54) is 0 Å². The molecule has 1 aliphatic carbocycles. The molecule has 8 nitrogen and oxygen atoms in total. The van der Waals surface area contributed by atoms with Crippen molar-refractivity contribution in [3.05, 3.63) is 48.0 Å². The number of imide groups is 1. The highest BCUT2D eigenvalue weighted by Crippen LogP contribution is 2.32. The van der Waals surface area contributed by atoms with Gasteiger partial charge in [0.15, 0.2) is 0 Å². The van der Waals surface area contributed by atoms with Crippen molar-refractivity contribution in [1.82, 2.24) is 21.1 Å². The number of carbonyl (C=O) groups is 4. The highest BCUT2D eigenvalue weighted by molar-refractivity contribution is 6.08. The molecule has 0 aromatic heterocycles. The van der Waals surface area contributed by atoms with Crippen molar-refractivity contribution in [2.24, 2.45) is 0 Å². The lowest BCUT2D eigenvalue weighted by atomic mass is 9.82. The van der Waals surface area contributed by atoms with Crippen LogP contribution in [0, 0.1) is 0 Å². The summed E-state index contributed by atoms with van der Waals surface area (Å²) in [6.07, 6.45) is 3.88. The summed E-state index contributed by atoms with van der Waals surface area (Å²) in [5, 5.41) is 7.90. The maximum atomic E-state index is 12.7. The standard InChI is InChI=1S/C21H22N4O4/c26-17(24-25-19(28)21(23-20(25)29)10-4-1-5-11-21)13-22-18(27)16-9-8-14-6-2-3-7-15(14)12-16/h2-3,6-9,12H,1,4-5,10-11,13H2,(H,22,27)(H,23,29)(H,24,26). The number of benzene rings is 2. The number of fused-ring (bicyclic) bond motifs is 1. The van der Waals surface area contributed by atoms with E-state index in [0.717, 1.165) is 35.0 Å². The molecule has 2 fully saturated rings. The van der Waals surface area contributed by atoms with E-state index in [4.69, 9.17) is 0 Å². The fourth-order valence-corrected chi connectivity index (χ4v) is 3.97. The molecule has 3 N–H and O–H groups in total. The molecule has 0 radical (unpaired) electrons. The summed E-state index contributed by atoms with van der Waals surface area (Å²) in [7, 11) is 0. The SMILES string of the molecule is O=C(CNC(=O)c1ccc2ccccc2c1)NN1C(=O)NC2(CCCCC2)C1=O. The van der Waals surface area contributed by atoms with Crippen molar-refractivity contribution in [3.8, 4) is 0 Å². The van der Waals surface area contributed by atoms with E-state index in [0.29, 0.717) is 18.4 Å². The van der Waals surface area contributed by atoms with E-state index in [9.17, 15) is 19.2 Å². The van der Waals surface area contributed by atoms with Gasteiger partial charge in [0.2, 0.25) is 0 Å². The van der Waals surface area contributed by atoms with Gasteiger partial charge in [-0.15, -0.1) is 0 Å². The molecule has 29 heavy (non-hydrogen) atoms. The number of hydrazine groups is 1. The molecule has 150 valence electrons. The summed E-state index contributed by atoms with van der Waals surface area (Å²) in [4.78, 5) is 49.4. The van der Waals surface area contributed by atoms with Gasteiger partial charge in [0, 0.05) is 5.56 Å². The maximum absolute atomic E-state index is 12.7. The lowest BCUT2D eigenvalue weighted by Crippen LogP contribution is -2.52. The predicted octanol–water partition coefficient (Wildman–Crippen LogP) is 1.86. The van der Waals surface area contributed by atoms with E-state index in [2.05, 4.69) is 16.1 Å². The number of urea groups is 1. The van der Waals surface area contributed by atoms with Gasteiger partial charge in [0.1, 0.15) is 5.54 Å². The Balaban J connectivity index is 1.35. The average Bonchev–Trinajstić information content (AvgIpc) is 2.96. The van der Waals surface area contributed by atoms with Gasteiger partial charge >= 0.3 is 6.03 Å². The zero-order valence-corrected chi connectivity index (χ0v) is 15.9. The van der Waals surface area contributed by atoms with Crippen molar-refractivity contribution < 1.29 is 19.2 Å². The largest absolute Gasteiger partial charge is 0.344 e. The van der Waals surface area contributed by atoms with Crippen LogP contribution in [0.5, 0.6) is 0 Å². The third kappa shape index (κ3) is 3.65. The normalized spacial score (nSPS) is 18.0. The van der Waals surface area contributed by atoms with Crippen LogP contribution >= 0.6 is 0 Å². The van der Waals surface area contributed by atoms with Gasteiger partial charge in [-0.3, -0.25) is 19.8 Å². The first-order valence-corrected chi connectivity index (χ1v) is 9.72. The Labute approximate surface area is 167 Å². The fourth-order valence-electron chi connectivity index (χ4n) is 3.97. The summed E-state index contributed by atoms with van der Waals surface area (Å²) in [5.74, 6) is -1.49. The van der Waals surface area contributed by atoms with Crippen LogP contribution in [0.15, 0.2) is 42.5 Å². The number of nitrogens with one attached hydrogen (secondary N) is 3. The second-order valence-corrected chi connectivity index (χ2v) is 7.49. The molecule has 1 aliphatic heterocycles. The van der Waals surface area contributed by atoms with E-state index < -0.39 is 29.3 Å². The molecule has 2 aromatic rings. The molecule has 1 spiro atoms. The molecule has 1 saturated heterocycles. The Bertz CT molecular complexity index is 997. The average molecular weight is 394 g/mol. The lowest BCUT2D eigenvalue weighted by Gasteiger charge is -2.30. The molecule has 0 atom stereocenters. The Morgan fingerprint density at radius 3 is 2.48 bits per heavy atom. The van der Waals surface area contributed by atoms with Crippen LogP contribution in [0.4, 0.5) is 4.79 Å². The van der Waals surface area contributed by atoms with E-state index in [1.54, 1.807) is 12.1 Å². The molecule has 8 heteroatoms. The zero-order chi connectivity index (χ0) is 20.4. The maximum Gasteiger partial charge on any atom is 0.344 e. The van der Waals surface area contributed by atoms with Crippen molar-refractivity contribution in [2.75, 3.05) is 6.54 Å². The van der Waals surface area contributed by atoms with E-state index in [1.807, 2.05) is 30.3 Å². The minimum Gasteiger partial charge on any atom is -0.343 e. The summed E-state index contributed by atoms with van der Waals surface area (Å²) in [5.41, 5.74) is 1.82. The Hall–Kier alpha value is -3.42. The topological polar surface area (TPSA) is 108 Å². The van der Waals surface area contributed by atoms with Gasteiger partial charge in [0.25, 0.3) is 17.7 Å². The second kappa shape index (κ2) is 7.54. The number of hydrogen-bond donors (Lipinski definition) is 3. The van der Waals surface area contributed by atoms with Crippen LogP contribution in [-0.2, 0) is 9.59 Å². The number of carbonyl (C=O) groups excluding carboxylic acids is 4. The Kier molecular flexibility index (Phi) is 4.92. The minimum absolute atomic E-state index is 0.351. The molecular weight excluding hydrogens is 372 g/mol. The van der Waals surface area contributed by atoms with Crippen LogP contribution in [0.25, 0.3) is 10.8 Å². The summed E-state index contributed by atoms with van der Waals surface area (Å²) in [6.45, 7) is -0.351. The van der Waals surface area contributed by atoms with Crippen LogP contribution in [-0.4, -0.2) is 40.8 Å². The molecule has 4 rings (SSSR count). The molecule has 0 unspecified atom stereocenters. The monoisotopic (exact) mass is 394 g/mol. The first-order valence-electron chi connectivity index (χ1n) is 9.72. The quantitative estimate of drug-likeness (QED) is 0.688. The molecule has 5 amide bonds. The minimum atomic E-state index is -0.906. The molecule has 1 saturated carbocycles. The van der Waals surface area contributed by atoms with E-state index in [-0.39, 0.29) is 6.54 Å². The van der Waals surface area contributed by atoms with Gasteiger partial charge in [-0.25, -0.2) is 4.79 Å². The summed E-state index contributed by atoms with van der Waals surface area (Å²) < 4.78 is 0. The number of rotatable bonds is 4. The van der Waals surface area contributed by atoms with Gasteiger partial charge in [-0.2, -0.15) is 5.01 Å². The smallest absolute Gasteiger partial charge is 0.343 e. The third-order valence-corrected chi connectivity index (χ3v) is 5.53. The lowest BCUT2D eigenvalue weighted by molar-refractivity contribution is -0.139. The first kappa shape index (κ1) is 18.9. The highest BCUT2D eigenvalue weighted by atomic mass is 16.2. The van der Waals surface area contributed by atoms with Crippen molar-refractivity contribution in [3.63, 3.8) is 0 Å².